The van der Waals surface area contributed by atoms with Crippen LogP contribution in [0.2, 0.25) is 0 Å². The van der Waals surface area contributed by atoms with Crippen LogP contribution < -0.4 is 9.04 Å². The van der Waals surface area contributed by atoms with Crippen LogP contribution in [0.15, 0.2) is 47.4 Å². The number of hydrogen-bond acceptors (Lipinski definition) is 6. The van der Waals surface area contributed by atoms with Crippen molar-refractivity contribution in [1.82, 2.24) is 0 Å². The monoisotopic (exact) mass is 599 g/mol. The van der Waals surface area contributed by atoms with Crippen molar-refractivity contribution in [2.75, 3.05) is 37.3 Å². The highest BCUT2D eigenvalue weighted by Crippen LogP contribution is 2.42. The molecule has 42 heavy (non-hydrogen) atoms. The van der Waals surface area contributed by atoms with Crippen LogP contribution in [0.4, 0.5) is 5.69 Å². The third-order valence-corrected chi connectivity index (χ3v) is 9.46. The van der Waals surface area contributed by atoms with Gasteiger partial charge in [0, 0.05) is 61.5 Å². The Labute approximate surface area is 260 Å². The zero-order valence-corrected chi connectivity index (χ0v) is 27.8. The molecule has 2 aromatic rings. The standard InChI is InChI=1S/C27H35NO3S.C5H12O.C4H10/c1-2-19-6-8-22(9-7-19)28(18-20-4-3-5-20)32-23-10-11-26-24(16-23)25(29)17-27(31-26)21-12-14-30-15-13-21;1-3-5-6-4-2;1-3-4-2/h6-11,16,20-21,25,27,29H,2-5,12-15,17-18H2,1H3;3-5H2,1-2H3;3-4H2,1-2H3. The number of anilines is 1. The quantitative estimate of drug-likeness (QED) is 0.205. The van der Waals surface area contributed by atoms with Gasteiger partial charge in [0.25, 0.3) is 0 Å². The van der Waals surface area contributed by atoms with Gasteiger partial charge in [0.05, 0.1) is 6.10 Å². The molecule has 236 valence electrons. The molecule has 2 aromatic carbocycles. The van der Waals surface area contributed by atoms with E-state index >= 15 is 0 Å². The lowest BCUT2D eigenvalue weighted by molar-refractivity contribution is -0.0151. The van der Waals surface area contributed by atoms with E-state index in [-0.39, 0.29) is 6.10 Å². The van der Waals surface area contributed by atoms with Crippen LogP contribution in [-0.4, -0.2) is 44.2 Å². The Kier molecular flexibility index (Phi) is 16.2. The third-order valence-electron chi connectivity index (χ3n) is 8.42. The average Bonchev–Trinajstić information content (AvgIpc) is 3.02. The summed E-state index contributed by atoms with van der Waals surface area (Å²) in [6.45, 7) is 15.1. The predicted molar refractivity (Wildman–Crippen MR) is 178 cm³/mol. The van der Waals surface area contributed by atoms with Crippen molar-refractivity contribution in [3.8, 4) is 5.75 Å². The van der Waals surface area contributed by atoms with Gasteiger partial charge in [-0.3, -0.25) is 0 Å². The molecule has 2 aliphatic heterocycles. The molecule has 2 unspecified atom stereocenters. The number of ether oxygens (including phenoxy) is 3. The van der Waals surface area contributed by atoms with E-state index in [0.29, 0.717) is 12.3 Å². The number of rotatable bonds is 11. The first kappa shape index (κ1) is 34.8. The number of benzene rings is 2. The summed E-state index contributed by atoms with van der Waals surface area (Å²) in [7, 11) is 0. The fraction of sp³-hybridized carbons (Fsp3) is 0.667. The summed E-state index contributed by atoms with van der Waals surface area (Å²) < 4.78 is 19.3. The first-order valence-corrected chi connectivity index (χ1v) is 17.5. The molecule has 5 rings (SSSR count). The van der Waals surface area contributed by atoms with Crippen molar-refractivity contribution >= 4 is 17.6 Å². The fourth-order valence-electron chi connectivity index (χ4n) is 5.30. The summed E-state index contributed by atoms with van der Waals surface area (Å²) >= 11 is 1.79. The van der Waals surface area contributed by atoms with E-state index in [2.05, 4.69) is 74.5 Å². The molecular weight excluding hydrogens is 542 g/mol. The zero-order chi connectivity index (χ0) is 30.2. The van der Waals surface area contributed by atoms with E-state index in [1.807, 2.05) is 6.92 Å². The molecule has 0 amide bonds. The van der Waals surface area contributed by atoms with Gasteiger partial charge in [-0.25, -0.2) is 0 Å². The molecule has 2 fully saturated rings. The minimum Gasteiger partial charge on any atom is -0.490 e. The average molecular weight is 600 g/mol. The molecule has 1 saturated heterocycles. The van der Waals surface area contributed by atoms with Crippen molar-refractivity contribution in [2.24, 2.45) is 11.8 Å². The molecule has 3 aliphatic rings. The molecule has 1 aliphatic carbocycles. The van der Waals surface area contributed by atoms with E-state index in [1.54, 1.807) is 11.9 Å². The van der Waals surface area contributed by atoms with E-state index in [0.717, 1.165) is 80.8 Å². The second-order valence-corrected chi connectivity index (χ2v) is 12.8. The van der Waals surface area contributed by atoms with Gasteiger partial charge in [-0.05, 0) is 99.2 Å². The molecule has 0 radical (unpaired) electrons. The van der Waals surface area contributed by atoms with Crippen molar-refractivity contribution < 1.29 is 19.3 Å². The smallest absolute Gasteiger partial charge is 0.125 e. The van der Waals surface area contributed by atoms with Crippen LogP contribution >= 0.6 is 11.9 Å². The highest BCUT2D eigenvalue weighted by molar-refractivity contribution is 8.00. The molecule has 0 aromatic heterocycles. The number of aryl methyl sites for hydroxylation is 1. The topological polar surface area (TPSA) is 51.2 Å². The number of unbranched alkanes of at least 4 members (excludes halogenated alkanes) is 1. The lowest BCUT2D eigenvalue weighted by Gasteiger charge is -2.36. The van der Waals surface area contributed by atoms with Gasteiger partial charge in [0.2, 0.25) is 0 Å². The molecule has 1 N–H and O–H groups in total. The van der Waals surface area contributed by atoms with E-state index in [1.165, 1.54) is 43.4 Å². The lowest BCUT2D eigenvalue weighted by Crippen LogP contribution is -2.36. The number of fused-ring (bicyclic) bond motifs is 1. The maximum Gasteiger partial charge on any atom is 0.125 e. The van der Waals surface area contributed by atoms with Gasteiger partial charge in [-0.2, -0.15) is 0 Å². The van der Waals surface area contributed by atoms with Crippen LogP contribution in [0.3, 0.4) is 0 Å². The summed E-state index contributed by atoms with van der Waals surface area (Å²) in [5.41, 5.74) is 3.56. The molecule has 6 heteroatoms. The van der Waals surface area contributed by atoms with Gasteiger partial charge < -0.3 is 23.6 Å². The van der Waals surface area contributed by atoms with Crippen LogP contribution in [0, 0.1) is 11.8 Å². The summed E-state index contributed by atoms with van der Waals surface area (Å²) in [6.07, 6.45) is 11.2. The second-order valence-electron chi connectivity index (χ2n) is 11.7. The van der Waals surface area contributed by atoms with Gasteiger partial charge in [-0.1, -0.05) is 59.1 Å². The number of hydrogen-bond donors (Lipinski definition) is 1. The molecular formula is C36H57NO4S. The zero-order valence-electron chi connectivity index (χ0n) is 27.0. The Morgan fingerprint density at radius 3 is 2.17 bits per heavy atom. The molecule has 2 heterocycles. The molecule has 5 nitrogen and oxygen atoms in total. The molecule has 0 bridgehead atoms. The van der Waals surface area contributed by atoms with Gasteiger partial charge in [0.15, 0.2) is 0 Å². The first-order chi connectivity index (χ1) is 20.5. The highest BCUT2D eigenvalue weighted by Gasteiger charge is 2.34. The van der Waals surface area contributed by atoms with Gasteiger partial charge >= 0.3 is 0 Å². The normalized spacial score (nSPS) is 20.1. The SMILES string of the molecule is CCCC.CCCOCC.CCc1ccc(N(CC2CCC2)Sc2ccc3c(c2)C(O)CC(C2CCOCC2)O3)cc1. The van der Waals surface area contributed by atoms with Crippen molar-refractivity contribution in [3.63, 3.8) is 0 Å². The van der Waals surface area contributed by atoms with Crippen molar-refractivity contribution in [2.45, 2.75) is 116 Å². The third kappa shape index (κ3) is 11.1. The summed E-state index contributed by atoms with van der Waals surface area (Å²) in [5.74, 6) is 2.10. The van der Waals surface area contributed by atoms with Crippen LogP contribution in [0.1, 0.15) is 110 Å². The summed E-state index contributed by atoms with van der Waals surface area (Å²) in [4.78, 5) is 1.16. The Bertz CT molecular complexity index is 984. The van der Waals surface area contributed by atoms with Crippen molar-refractivity contribution in [1.29, 1.82) is 0 Å². The van der Waals surface area contributed by atoms with Crippen LogP contribution in [0.25, 0.3) is 0 Å². The minimum atomic E-state index is -0.462. The largest absolute Gasteiger partial charge is 0.490 e. The van der Waals surface area contributed by atoms with Gasteiger partial charge in [-0.15, -0.1) is 0 Å². The second kappa shape index (κ2) is 19.5. The summed E-state index contributed by atoms with van der Waals surface area (Å²) in [5, 5.41) is 11.0. The number of aliphatic hydroxyl groups excluding tert-OH is 1. The maximum atomic E-state index is 11.0. The molecule has 1 saturated carbocycles. The predicted octanol–water partition coefficient (Wildman–Crippen LogP) is 9.41. The van der Waals surface area contributed by atoms with Crippen LogP contribution in [0.5, 0.6) is 5.75 Å². The first-order valence-electron chi connectivity index (χ1n) is 16.7. The highest BCUT2D eigenvalue weighted by atomic mass is 32.2. The van der Waals surface area contributed by atoms with E-state index in [9.17, 15) is 5.11 Å². The Morgan fingerprint density at radius 1 is 0.905 bits per heavy atom. The number of nitrogens with zero attached hydrogens (tertiary/aromatic N) is 1. The molecule has 2 atom stereocenters. The van der Waals surface area contributed by atoms with Crippen molar-refractivity contribution in [3.05, 3.63) is 53.6 Å². The number of aliphatic hydroxyl groups is 1. The molecule has 0 spiro atoms. The van der Waals surface area contributed by atoms with Gasteiger partial charge in [0.1, 0.15) is 11.9 Å². The Hall–Kier alpha value is -1.73. The lowest BCUT2D eigenvalue weighted by atomic mass is 9.85. The van der Waals surface area contributed by atoms with E-state index in [4.69, 9.17) is 14.2 Å². The van der Waals surface area contributed by atoms with E-state index < -0.39 is 6.10 Å². The maximum absolute atomic E-state index is 11.0. The Morgan fingerprint density at radius 2 is 1.62 bits per heavy atom. The van der Waals surface area contributed by atoms with Crippen LogP contribution in [-0.2, 0) is 15.9 Å². The Balaban J connectivity index is 0.000000420. The minimum absolute atomic E-state index is 0.0899. The summed E-state index contributed by atoms with van der Waals surface area (Å²) in [6, 6.07) is 15.3. The fourth-order valence-corrected chi connectivity index (χ4v) is 6.38.